The Morgan fingerprint density at radius 2 is 2.00 bits per heavy atom. The van der Waals surface area contributed by atoms with E-state index in [0.29, 0.717) is 12.3 Å². The van der Waals surface area contributed by atoms with Crippen LogP contribution in [0, 0.1) is 0 Å². The van der Waals surface area contributed by atoms with Crippen molar-refractivity contribution in [3.05, 3.63) is 0 Å². The summed E-state index contributed by atoms with van der Waals surface area (Å²) >= 11 is 0. The predicted octanol–water partition coefficient (Wildman–Crippen LogP) is 2.17. The van der Waals surface area contributed by atoms with Crippen LogP contribution in [0.15, 0.2) is 5.16 Å². The zero-order valence-electron chi connectivity index (χ0n) is 10.4. The quantitative estimate of drug-likeness (QED) is 0.209. The van der Waals surface area contributed by atoms with E-state index in [4.69, 9.17) is 10.9 Å². The van der Waals surface area contributed by atoms with Crippen molar-refractivity contribution in [3.8, 4) is 0 Å². The Hall–Kier alpha value is -0.770. The lowest BCUT2D eigenvalue weighted by Gasteiger charge is -2.21. The topological polar surface area (TPSA) is 61.8 Å². The van der Waals surface area contributed by atoms with Crippen LogP contribution < -0.4 is 5.73 Å². The van der Waals surface area contributed by atoms with Crippen molar-refractivity contribution in [2.75, 3.05) is 13.1 Å². The molecule has 16 heavy (non-hydrogen) atoms. The highest BCUT2D eigenvalue weighted by Gasteiger charge is 2.27. The summed E-state index contributed by atoms with van der Waals surface area (Å²) in [4.78, 5) is 2.61. The molecule has 1 fully saturated rings. The average molecular weight is 227 g/mol. The maximum atomic E-state index is 8.41. The molecule has 0 aromatic heterocycles. The van der Waals surface area contributed by atoms with Crippen LogP contribution in [-0.4, -0.2) is 35.1 Å². The zero-order valence-corrected chi connectivity index (χ0v) is 10.4. The fraction of sp³-hybridized carbons (Fsp3) is 0.917. The molecule has 1 rings (SSSR count). The first kappa shape index (κ1) is 13.3. The minimum absolute atomic E-state index is 0.353. The van der Waals surface area contributed by atoms with E-state index in [0.717, 1.165) is 18.9 Å². The predicted molar refractivity (Wildman–Crippen MR) is 66.8 cm³/mol. The summed E-state index contributed by atoms with van der Waals surface area (Å²) in [6.07, 6.45) is 8.21. The summed E-state index contributed by atoms with van der Waals surface area (Å²) in [6, 6.07) is 0.857. The molecule has 0 amide bonds. The standard InChI is InChI=1S/C12H25N3O/c1-2-3-9-15(11-7-8-11)10-5-4-6-12(13)14-16/h11,16H,2-10H2,1H3,(H2,13,14). The molecule has 0 bridgehead atoms. The van der Waals surface area contributed by atoms with Gasteiger partial charge in [-0.15, -0.1) is 0 Å². The van der Waals surface area contributed by atoms with Gasteiger partial charge in [0.15, 0.2) is 0 Å². The molecule has 0 aliphatic heterocycles. The Labute approximate surface area is 98.5 Å². The first-order chi connectivity index (χ1) is 7.77. The van der Waals surface area contributed by atoms with Gasteiger partial charge < -0.3 is 15.8 Å². The maximum absolute atomic E-state index is 8.41. The largest absolute Gasteiger partial charge is 0.409 e. The van der Waals surface area contributed by atoms with Gasteiger partial charge >= 0.3 is 0 Å². The van der Waals surface area contributed by atoms with Gasteiger partial charge in [-0.25, -0.2) is 0 Å². The molecule has 0 saturated heterocycles. The van der Waals surface area contributed by atoms with Gasteiger partial charge in [0.05, 0.1) is 0 Å². The van der Waals surface area contributed by atoms with Gasteiger partial charge in [0.1, 0.15) is 5.84 Å². The summed E-state index contributed by atoms with van der Waals surface area (Å²) in [5.74, 6) is 0.353. The number of oxime groups is 1. The number of amidine groups is 1. The number of hydrogen-bond donors (Lipinski definition) is 2. The molecular weight excluding hydrogens is 202 g/mol. The fourth-order valence-corrected chi connectivity index (χ4v) is 1.95. The first-order valence-corrected chi connectivity index (χ1v) is 6.48. The van der Waals surface area contributed by atoms with E-state index >= 15 is 0 Å². The van der Waals surface area contributed by atoms with Gasteiger partial charge in [0.25, 0.3) is 0 Å². The Balaban J connectivity index is 2.07. The van der Waals surface area contributed by atoms with Crippen molar-refractivity contribution in [3.63, 3.8) is 0 Å². The highest BCUT2D eigenvalue weighted by molar-refractivity contribution is 5.79. The normalized spacial score (nSPS) is 17.0. The second-order valence-corrected chi connectivity index (χ2v) is 4.67. The number of hydrogen-bond acceptors (Lipinski definition) is 3. The van der Waals surface area contributed by atoms with Crippen LogP contribution in [0.5, 0.6) is 0 Å². The third kappa shape index (κ3) is 5.35. The van der Waals surface area contributed by atoms with Crippen molar-refractivity contribution in [2.24, 2.45) is 10.9 Å². The van der Waals surface area contributed by atoms with Gasteiger partial charge in [0, 0.05) is 12.5 Å². The molecule has 4 heteroatoms. The molecule has 1 saturated carbocycles. The van der Waals surface area contributed by atoms with E-state index < -0.39 is 0 Å². The van der Waals surface area contributed by atoms with Crippen LogP contribution >= 0.6 is 0 Å². The molecule has 0 aromatic rings. The number of nitrogens with zero attached hydrogens (tertiary/aromatic N) is 2. The average Bonchev–Trinajstić information content (AvgIpc) is 3.11. The number of rotatable bonds is 9. The Bertz CT molecular complexity index is 214. The molecule has 0 unspecified atom stereocenters. The van der Waals surface area contributed by atoms with Gasteiger partial charge in [-0.3, -0.25) is 0 Å². The van der Waals surface area contributed by atoms with Crippen LogP contribution in [0.4, 0.5) is 0 Å². The fourth-order valence-electron chi connectivity index (χ4n) is 1.95. The van der Waals surface area contributed by atoms with Crippen LogP contribution in [0.1, 0.15) is 51.9 Å². The van der Waals surface area contributed by atoms with E-state index in [1.165, 1.54) is 38.8 Å². The smallest absolute Gasteiger partial charge is 0.139 e. The van der Waals surface area contributed by atoms with Crippen LogP contribution in [-0.2, 0) is 0 Å². The second kappa shape index (κ2) is 7.49. The number of unbranched alkanes of at least 4 members (excludes halogenated alkanes) is 2. The first-order valence-electron chi connectivity index (χ1n) is 6.48. The van der Waals surface area contributed by atoms with Crippen LogP contribution in [0.3, 0.4) is 0 Å². The van der Waals surface area contributed by atoms with Crippen molar-refractivity contribution >= 4 is 5.84 Å². The van der Waals surface area contributed by atoms with Crippen molar-refractivity contribution in [1.82, 2.24) is 4.90 Å². The summed E-state index contributed by atoms with van der Waals surface area (Å²) in [5.41, 5.74) is 5.43. The lowest BCUT2D eigenvalue weighted by Crippen LogP contribution is -2.28. The van der Waals surface area contributed by atoms with E-state index in [-0.39, 0.29) is 0 Å². The zero-order chi connectivity index (χ0) is 11.8. The van der Waals surface area contributed by atoms with Crippen LogP contribution in [0.25, 0.3) is 0 Å². The highest BCUT2D eigenvalue weighted by atomic mass is 16.4. The molecule has 1 aliphatic carbocycles. The molecule has 4 nitrogen and oxygen atoms in total. The van der Waals surface area contributed by atoms with Gasteiger partial charge in [-0.05, 0) is 45.2 Å². The summed E-state index contributed by atoms with van der Waals surface area (Å²) in [5, 5.41) is 11.4. The van der Waals surface area contributed by atoms with E-state index in [9.17, 15) is 0 Å². The Kier molecular flexibility index (Phi) is 6.23. The Morgan fingerprint density at radius 1 is 1.31 bits per heavy atom. The van der Waals surface area contributed by atoms with Crippen molar-refractivity contribution < 1.29 is 5.21 Å². The molecule has 0 heterocycles. The molecule has 0 atom stereocenters. The monoisotopic (exact) mass is 227 g/mol. The molecular formula is C12H25N3O. The second-order valence-electron chi connectivity index (χ2n) is 4.67. The molecule has 0 spiro atoms. The summed E-state index contributed by atoms with van der Waals surface area (Å²) in [7, 11) is 0. The molecule has 3 N–H and O–H groups in total. The van der Waals surface area contributed by atoms with Gasteiger partial charge in [-0.2, -0.15) is 0 Å². The molecule has 0 aromatic carbocycles. The van der Waals surface area contributed by atoms with E-state index in [1.807, 2.05) is 0 Å². The minimum atomic E-state index is 0.353. The third-order valence-electron chi connectivity index (χ3n) is 3.12. The Morgan fingerprint density at radius 3 is 2.56 bits per heavy atom. The van der Waals surface area contributed by atoms with Gasteiger partial charge in [0.2, 0.25) is 0 Å². The molecule has 0 radical (unpaired) electrons. The van der Waals surface area contributed by atoms with Crippen molar-refractivity contribution in [1.29, 1.82) is 0 Å². The summed E-state index contributed by atoms with van der Waals surface area (Å²) in [6.45, 7) is 4.65. The SMILES string of the molecule is CCCCN(CCCCC(N)=NO)C1CC1. The minimum Gasteiger partial charge on any atom is -0.409 e. The van der Waals surface area contributed by atoms with Crippen molar-refractivity contribution in [2.45, 2.75) is 57.9 Å². The summed E-state index contributed by atoms with van der Waals surface area (Å²) < 4.78 is 0. The van der Waals surface area contributed by atoms with Crippen LogP contribution in [0.2, 0.25) is 0 Å². The third-order valence-corrected chi connectivity index (χ3v) is 3.12. The van der Waals surface area contributed by atoms with E-state index in [1.54, 1.807) is 0 Å². The molecule has 94 valence electrons. The number of nitrogens with two attached hydrogens (primary N) is 1. The maximum Gasteiger partial charge on any atom is 0.139 e. The highest BCUT2D eigenvalue weighted by Crippen LogP contribution is 2.27. The van der Waals surface area contributed by atoms with Gasteiger partial charge in [-0.1, -0.05) is 18.5 Å². The lowest BCUT2D eigenvalue weighted by molar-refractivity contribution is 0.254. The van der Waals surface area contributed by atoms with E-state index in [2.05, 4.69) is 17.0 Å². The lowest BCUT2D eigenvalue weighted by atomic mass is 10.2. The molecule has 1 aliphatic rings.